The third kappa shape index (κ3) is 6.76. The summed E-state index contributed by atoms with van der Waals surface area (Å²) in [6.45, 7) is 3.13. The molecule has 0 heterocycles. The van der Waals surface area contributed by atoms with E-state index in [4.69, 9.17) is 4.74 Å². The Morgan fingerprint density at radius 1 is 1.15 bits per heavy atom. The number of halogens is 1. The highest BCUT2D eigenvalue weighted by molar-refractivity contribution is 9.10. The van der Waals surface area contributed by atoms with E-state index in [0.29, 0.717) is 19.1 Å². The molecule has 0 aliphatic rings. The molecule has 0 aliphatic carbocycles. The average molecular weight is 419 g/mol. The van der Waals surface area contributed by atoms with E-state index in [9.17, 15) is 4.79 Å². The lowest BCUT2D eigenvalue weighted by atomic mass is 10.2. The van der Waals surface area contributed by atoms with E-state index in [0.717, 1.165) is 21.5 Å². The van der Waals surface area contributed by atoms with Crippen LogP contribution >= 0.6 is 15.9 Å². The Hall–Kier alpha value is -2.54. The van der Waals surface area contributed by atoms with Gasteiger partial charge in [-0.2, -0.15) is 0 Å². The standard InChI is InChI=1S/C19H23BrN4O2/c1-14-8-9-15(20)12-17(14)24-18(25)13-23-19(21-2)22-10-11-26-16-6-4-3-5-7-16/h3-9,12H,10-11,13H2,1-2H3,(H,24,25)(H2,21,22,23). The van der Waals surface area contributed by atoms with Gasteiger partial charge in [0.1, 0.15) is 12.4 Å². The van der Waals surface area contributed by atoms with Gasteiger partial charge in [0.2, 0.25) is 5.91 Å². The fourth-order valence-electron chi connectivity index (χ4n) is 2.16. The highest BCUT2D eigenvalue weighted by Crippen LogP contribution is 2.20. The molecule has 6 nitrogen and oxygen atoms in total. The molecule has 26 heavy (non-hydrogen) atoms. The molecule has 1 amide bonds. The van der Waals surface area contributed by atoms with Crippen molar-refractivity contribution < 1.29 is 9.53 Å². The van der Waals surface area contributed by atoms with Gasteiger partial charge in [0, 0.05) is 17.2 Å². The van der Waals surface area contributed by atoms with Crippen LogP contribution in [0.3, 0.4) is 0 Å². The Balaban J connectivity index is 1.70. The lowest BCUT2D eigenvalue weighted by Gasteiger charge is -2.13. The minimum absolute atomic E-state index is 0.116. The molecule has 0 unspecified atom stereocenters. The van der Waals surface area contributed by atoms with Crippen LogP contribution in [0.15, 0.2) is 58.0 Å². The summed E-state index contributed by atoms with van der Waals surface area (Å²) in [5.74, 6) is 1.22. The Bertz CT molecular complexity index is 750. The molecular weight excluding hydrogens is 396 g/mol. The van der Waals surface area contributed by atoms with Crippen LogP contribution in [-0.2, 0) is 4.79 Å². The number of aliphatic imine (C=N–C) groups is 1. The smallest absolute Gasteiger partial charge is 0.243 e. The minimum atomic E-state index is -0.144. The third-order valence-electron chi connectivity index (χ3n) is 3.52. The summed E-state index contributed by atoms with van der Waals surface area (Å²) >= 11 is 3.40. The zero-order chi connectivity index (χ0) is 18.8. The van der Waals surface area contributed by atoms with Crippen molar-refractivity contribution in [2.45, 2.75) is 6.92 Å². The van der Waals surface area contributed by atoms with Crippen molar-refractivity contribution in [2.24, 2.45) is 4.99 Å². The molecule has 3 N–H and O–H groups in total. The molecule has 0 aromatic heterocycles. The summed E-state index contributed by atoms with van der Waals surface area (Å²) in [6.07, 6.45) is 0. The van der Waals surface area contributed by atoms with Gasteiger partial charge in [-0.15, -0.1) is 0 Å². The summed E-state index contributed by atoms with van der Waals surface area (Å²) in [5.41, 5.74) is 1.78. The van der Waals surface area contributed by atoms with Crippen LogP contribution in [0.4, 0.5) is 5.69 Å². The lowest BCUT2D eigenvalue weighted by Crippen LogP contribution is -2.42. The van der Waals surface area contributed by atoms with E-state index in [1.165, 1.54) is 0 Å². The molecule has 0 atom stereocenters. The van der Waals surface area contributed by atoms with Gasteiger partial charge < -0.3 is 20.7 Å². The maximum atomic E-state index is 12.1. The van der Waals surface area contributed by atoms with E-state index in [1.54, 1.807) is 7.05 Å². The van der Waals surface area contributed by atoms with E-state index in [1.807, 2.05) is 55.5 Å². The van der Waals surface area contributed by atoms with Gasteiger partial charge in [-0.25, -0.2) is 0 Å². The Labute approximate surface area is 162 Å². The Morgan fingerprint density at radius 2 is 1.92 bits per heavy atom. The van der Waals surface area contributed by atoms with Gasteiger partial charge in [-0.05, 0) is 36.8 Å². The van der Waals surface area contributed by atoms with Gasteiger partial charge in [0.05, 0.1) is 13.1 Å². The molecule has 0 bridgehead atoms. The number of rotatable bonds is 7. The molecule has 0 spiro atoms. The molecule has 0 saturated heterocycles. The molecule has 7 heteroatoms. The van der Waals surface area contributed by atoms with Gasteiger partial charge in [-0.3, -0.25) is 9.79 Å². The zero-order valence-corrected chi connectivity index (χ0v) is 16.5. The fraction of sp³-hybridized carbons (Fsp3) is 0.263. The first-order chi connectivity index (χ1) is 12.6. The summed E-state index contributed by atoms with van der Waals surface area (Å²) in [6, 6.07) is 15.4. The molecule has 0 aliphatic heterocycles. The van der Waals surface area contributed by atoms with Gasteiger partial charge in [0.25, 0.3) is 0 Å². The van der Waals surface area contributed by atoms with Crippen molar-refractivity contribution in [3.05, 3.63) is 58.6 Å². The number of anilines is 1. The van der Waals surface area contributed by atoms with E-state index < -0.39 is 0 Å². The highest BCUT2D eigenvalue weighted by Gasteiger charge is 2.06. The van der Waals surface area contributed by atoms with E-state index in [-0.39, 0.29) is 12.5 Å². The molecule has 0 fully saturated rings. The third-order valence-corrected chi connectivity index (χ3v) is 4.01. The molecule has 0 radical (unpaired) electrons. The summed E-state index contributed by atoms with van der Waals surface area (Å²) in [7, 11) is 1.66. The van der Waals surface area contributed by atoms with Crippen molar-refractivity contribution in [3.63, 3.8) is 0 Å². The van der Waals surface area contributed by atoms with Gasteiger partial charge in [0.15, 0.2) is 5.96 Å². The first-order valence-electron chi connectivity index (χ1n) is 8.27. The van der Waals surface area contributed by atoms with E-state index in [2.05, 4.69) is 36.9 Å². The van der Waals surface area contributed by atoms with Crippen molar-refractivity contribution in [1.82, 2.24) is 10.6 Å². The van der Waals surface area contributed by atoms with Crippen molar-refractivity contribution >= 4 is 33.5 Å². The first-order valence-corrected chi connectivity index (χ1v) is 9.06. The number of nitrogens with zero attached hydrogens (tertiary/aromatic N) is 1. The summed E-state index contributed by atoms with van der Waals surface area (Å²) < 4.78 is 6.52. The van der Waals surface area contributed by atoms with Crippen LogP contribution in [0.25, 0.3) is 0 Å². The number of benzene rings is 2. The molecule has 0 saturated carbocycles. The van der Waals surface area contributed by atoms with Crippen molar-refractivity contribution in [3.8, 4) is 5.75 Å². The number of hydrogen-bond acceptors (Lipinski definition) is 3. The number of guanidine groups is 1. The van der Waals surface area contributed by atoms with E-state index >= 15 is 0 Å². The SMILES string of the molecule is CN=C(NCCOc1ccccc1)NCC(=O)Nc1cc(Br)ccc1C. The Morgan fingerprint density at radius 3 is 2.65 bits per heavy atom. The maximum Gasteiger partial charge on any atom is 0.243 e. The van der Waals surface area contributed by atoms with Crippen LogP contribution in [0, 0.1) is 6.92 Å². The zero-order valence-electron chi connectivity index (χ0n) is 14.9. The minimum Gasteiger partial charge on any atom is -0.492 e. The number of nitrogens with one attached hydrogen (secondary N) is 3. The predicted molar refractivity (Wildman–Crippen MR) is 109 cm³/mol. The van der Waals surface area contributed by atoms with Crippen LogP contribution in [-0.4, -0.2) is 38.6 Å². The normalized spacial score (nSPS) is 11.0. The molecule has 2 aromatic carbocycles. The maximum absolute atomic E-state index is 12.1. The number of carbonyl (C=O) groups is 1. The Kier molecular flexibility index (Phi) is 7.95. The van der Waals surface area contributed by atoms with Crippen LogP contribution in [0.2, 0.25) is 0 Å². The first kappa shape index (κ1) is 19.8. The molecule has 2 aromatic rings. The predicted octanol–water partition coefficient (Wildman–Crippen LogP) is 2.94. The number of ether oxygens (including phenoxy) is 1. The van der Waals surface area contributed by atoms with Crippen LogP contribution < -0.4 is 20.7 Å². The van der Waals surface area contributed by atoms with Crippen LogP contribution in [0.5, 0.6) is 5.75 Å². The second-order valence-electron chi connectivity index (χ2n) is 5.52. The largest absolute Gasteiger partial charge is 0.492 e. The second kappa shape index (κ2) is 10.5. The van der Waals surface area contributed by atoms with Crippen molar-refractivity contribution in [2.75, 3.05) is 32.1 Å². The fourth-order valence-corrected chi connectivity index (χ4v) is 2.52. The molecule has 2 rings (SSSR count). The number of amides is 1. The summed E-state index contributed by atoms with van der Waals surface area (Å²) in [4.78, 5) is 16.2. The quantitative estimate of drug-likeness (QED) is 0.367. The summed E-state index contributed by atoms with van der Waals surface area (Å²) in [5, 5.41) is 8.97. The number of hydrogen-bond donors (Lipinski definition) is 3. The van der Waals surface area contributed by atoms with Gasteiger partial charge >= 0.3 is 0 Å². The molecular formula is C19H23BrN4O2. The topological polar surface area (TPSA) is 74.8 Å². The number of aryl methyl sites for hydroxylation is 1. The van der Waals surface area contributed by atoms with Crippen LogP contribution in [0.1, 0.15) is 5.56 Å². The highest BCUT2D eigenvalue weighted by atomic mass is 79.9. The second-order valence-corrected chi connectivity index (χ2v) is 6.44. The van der Waals surface area contributed by atoms with Crippen molar-refractivity contribution in [1.29, 1.82) is 0 Å². The van der Waals surface area contributed by atoms with Gasteiger partial charge in [-0.1, -0.05) is 40.2 Å². The number of para-hydroxylation sites is 1. The monoisotopic (exact) mass is 418 g/mol. The number of carbonyl (C=O) groups excluding carboxylic acids is 1. The lowest BCUT2D eigenvalue weighted by molar-refractivity contribution is -0.115. The molecule has 138 valence electrons. The average Bonchev–Trinajstić information content (AvgIpc) is 2.65.